The van der Waals surface area contributed by atoms with Gasteiger partial charge in [0.15, 0.2) is 0 Å². The summed E-state index contributed by atoms with van der Waals surface area (Å²) in [5.74, 6) is -0.616. The average molecular weight is 131 g/mol. The van der Waals surface area contributed by atoms with Crippen LogP contribution in [-0.4, -0.2) is 24.3 Å². The van der Waals surface area contributed by atoms with Gasteiger partial charge in [0.2, 0.25) is 0 Å². The van der Waals surface area contributed by atoms with Gasteiger partial charge in [-0.15, -0.1) is 0 Å². The molecule has 0 atom stereocenters. The summed E-state index contributed by atoms with van der Waals surface area (Å²) in [6.45, 7) is 4.90. The highest BCUT2D eigenvalue weighted by molar-refractivity contribution is 4.71. The van der Waals surface area contributed by atoms with Crippen molar-refractivity contribution in [2.24, 2.45) is 11.5 Å². The second-order valence-corrected chi connectivity index (χ2v) is 2.36. The molecule has 0 saturated heterocycles. The van der Waals surface area contributed by atoms with Crippen LogP contribution < -0.4 is 11.5 Å². The summed E-state index contributed by atoms with van der Waals surface area (Å²) in [7, 11) is 1.92. The van der Waals surface area contributed by atoms with Crippen molar-refractivity contribution in [1.29, 1.82) is 0 Å². The predicted octanol–water partition coefficient (Wildman–Crippen LogP) is -0.0807. The molecule has 0 rings (SSSR count). The summed E-state index contributed by atoms with van der Waals surface area (Å²) >= 11 is 0. The van der Waals surface area contributed by atoms with Crippen molar-refractivity contribution in [3.8, 4) is 0 Å². The van der Waals surface area contributed by atoms with E-state index in [9.17, 15) is 0 Å². The van der Waals surface area contributed by atoms with Gasteiger partial charge in [-0.25, -0.2) is 0 Å². The van der Waals surface area contributed by atoms with Crippen molar-refractivity contribution in [2.45, 2.75) is 26.1 Å². The van der Waals surface area contributed by atoms with E-state index >= 15 is 0 Å². The monoisotopic (exact) mass is 131 g/mol. The minimum Gasteiger partial charge on any atom is -0.301 e. The Balaban J connectivity index is 3.80. The zero-order chi connectivity index (χ0) is 7.49. The molecule has 0 aromatic heterocycles. The third-order valence-corrected chi connectivity index (χ3v) is 1.75. The van der Waals surface area contributed by atoms with Crippen LogP contribution in [0.25, 0.3) is 0 Å². The van der Waals surface area contributed by atoms with Crippen LogP contribution in [0.3, 0.4) is 0 Å². The Bertz CT molecular complexity index is 80.4. The van der Waals surface area contributed by atoms with E-state index in [2.05, 4.69) is 0 Å². The summed E-state index contributed by atoms with van der Waals surface area (Å²) in [4.78, 5) is 1.92. The highest BCUT2D eigenvalue weighted by Crippen LogP contribution is 2.01. The minimum absolute atomic E-state index is 0.616. The van der Waals surface area contributed by atoms with Crippen LogP contribution in [0, 0.1) is 0 Å². The van der Waals surface area contributed by atoms with Gasteiger partial charge in [-0.1, -0.05) is 13.8 Å². The number of nitrogens with two attached hydrogens (primary N) is 2. The van der Waals surface area contributed by atoms with Gasteiger partial charge in [-0.2, -0.15) is 0 Å². The van der Waals surface area contributed by atoms with Crippen LogP contribution in [0.2, 0.25) is 0 Å². The first-order valence-corrected chi connectivity index (χ1v) is 3.33. The van der Waals surface area contributed by atoms with Crippen molar-refractivity contribution < 1.29 is 0 Å². The molecular weight excluding hydrogens is 114 g/mol. The molecule has 0 unspecified atom stereocenters. The van der Waals surface area contributed by atoms with Crippen LogP contribution in [-0.2, 0) is 0 Å². The fourth-order valence-electron chi connectivity index (χ4n) is 0.564. The fraction of sp³-hybridized carbons (Fsp3) is 1.00. The predicted molar refractivity (Wildman–Crippen MR) is 39.7 cm³/mol. The third kappa shape index (κ3) is 2.30. The van der Waals surface area contributed by atoms with Gasteiger partial charge < -0.3 is 11.5 Å². The molecule has 9 heavy (non-hydrogen) atoms. The highest BCUT2D eigenvalue weighted by atomic mass is 15.3. The lowest BCUT2D eigenvalue weighted by Gasteiger charge is -2.32. The van der Waals surface area contributed by atoms with Crippen LogP contribution in [0.1, 0.15) is 20.3 Å². The van der Waals surface area contributed by atoms with Crippen LogP contribution >= 0.6 is 0 Å². The Morgan fingerprint density at radius 1 is 1.33 bits per heavy atom. The van der Waals surface area contributed by atoms with E-state index in [0.717, 1.165) is 13.0 Å². The molecule has 56 valence electrons. The van der Waals surface area contributed by atoms with E-state index < -0.39 is 5.79 Å². The smallest absolute Gasteiger partial charge is 0.120 e. The topological polar surface area (TPSA) is 55.3 Å². The Morgan fingerprint density at radius 3 is 1.89 bits per heavy atom. The first kappa shape index (κ1) is 8.88. The Morgan fingerprint density at radius 2 is 1.78 bits per heavy atom. The van der Waals surface area contributed by atoms with Crippen molar-refractivity contribution >= 4 is 0 Å². The highest BCUT2D eigenvalue weighted by Gasteiger charge is 2.19. The van der Waals surface area contributed by atoms with E-state index in [-0.39, 0.29) is 0 Å². The van der Waals surface area contributed by atoms with Gasteiger partial charge in [0.05, 0.1) is 0 Å². The molecule has 0 aliphatic heterocycles. The van der Waals surface area contributed by atoms with Crippen LogP contribution in [0.4, 0.5) is 0 Å². The molecule has 0 aromatic carbocycles. The first-order chi connectivity index (χ1) is 4.04. The Hall–Kier alpha value is -0.120. The number of rotatable bonds is 3. The molecule has 0 aromatic rings. The molecule has 0 radical (unpaired) electrons. The van der Waals surface area contributed by atoms with E-state index in [4.69, 9.17) is 11.5 Å². The molecule has 0 amide bonds. The molecule has 0 aliphatic rings. The van der Waals surface area contributed by atoms with Crippen molar-refractivity contribution in [3.05, 3.63) is 0 Å². The fourth-order valence-corrected chi connectivity index (χ4v) is 0.564. The lowest BCUT2D eigenvalue weighted by atomic mass is 10.2. The first-order valence-electron chi connectivity index (χ1n) is 3.33. The largest absolute Gasteiger partial charge is 0.301 e. The zero-order valence-electron chi connectivity index (χ0n) is 6.52. The number of hydrogen-bond donors (Lipinski definition) is 2. The van der Waals surface area contributed by atoms with Gasteiger partial charge in [-0.3, -0.25) is 4.90 Å². The Kier molecular flexibility index (Phi) is 3.11. The molecule has 0 spiro atoms. The second kappa shape index (κ2) is 3.15. The van der Waals surface area contributed by atoms with Gasteiger partial charge in [0.1, 0.15) is 5.79 Å². The lowest BCUT2D eigenvalue weighted by Crippen LogP contribution is -2.61. The van der Waals surface area contributed by atoms with Crippen molar-refractivity contribution in [3.63, 3.8) is 0 Å². The molecule has 3 nitrogen and oxygen atoms in total. The molecule has 0 fully saturated rings. The summed E-state index contributed by atoms with van der Waals surface area (Å²) in [6, 6.07) is 0. The van der Waals surface area contributed by atoms with Gasteiger partial charge in [-0.05, 0) is 20.0 Å². The SMILES string of the molecule is CCN(C)C(N)(N)CC. The third-order valence-electron chi connectivity index (χ3n) is 1.75. The average Bonchev–Trinajstić information content (AvgIpc) is 1.86. The Labute approximate surface area is 57.0 Å². The molecule has 0 heterocycles. The van der Waals surface area contributed by atoms with E-state index in [1.165, 1.54) is 0 Å². The summed E-state index contributed by atoms with van der Waals surface area (Å²) in [5, 5.41) is 0. The summed E-state index contributed by atoms with van der Waals surface area (Å²) in [5.41, 5.74) is 11.3. The maximum absolute atomic E-state index is 5.67. The van der Waals surface area contributed by atoms with Gasteiger partial charge in [0.25, 0.3) is 0 Å². The second-order valence-electron chi connectivity index (χ2n) is 2.36. The normalized spacial score (nSPS) is 12.7. The maximum atomic E-state index is 5.67. The summed E-state index contributed by atoms with van der Waals surface area (Å²) in [6.07, 6.45) is 0.775. The standard InChI is InChI=1S/C6H17N3/c1-4-6(7,8)9(3)5-2/h4-5,7-8H2,1-3H3. The zero-order valence-corrected chi connectivity index (χ0v) is 6.52. The lowest BCUT2D eigenvalue weighted by molar-refractivity contribution is 0.133. The van der Waals surface area contributed by atoms with Gasteiger partial charge >= 0.3 is 0 Å². The van der Waals surface area contributed by atoms with E-state index in [0.29, 0.717) is 0 Å². The van der Waals surface area contributed by atoms with Crippen molar-refractivity contribution in [2.75, 3.05) is 13.6 Å². The van der Waals surface area contributed by atoms with Crippen LogP contribution in [0.15, 0.2) is 0 Å². The number of nitrogens with zero attached hydrogens (tertiary/aromatic N) is 1. The molecular formula is C6H17N3. The van der Waals surface area contributed by atoms with Crippen LogP contribution in [0.5, 0.6) is 0 Å². The maximum Gasteiger partial charge on any atom is 0.120 e. The molecule has 0 bridgehead atoms. The molecule has 0 saturated carbocycles. The number of hydrogen-bond acceptors (Lipinski definition) is 3. The van der Waals surface area contributed by atoms with Gasteiger partial charge in [0, 0.05) is 0 Å². The van der Waals surface area contributed by atoms with E-state index in [1.807, 2.05) is 25.8 Å². The quantitative estimate of drug-likeness (QED) is 0.527. The molecule has 0 aliphatic carbocycles. The van der Waals surface area contributed by atoms with Crippen molar-refractivity contribution in [1.82, 2.24) is 4.90 Å². The van der Waals surface area contributed by atoms with E-state index in [1.54, 1.807) is 0 Å². The minimum atomic E-state index is -0.616. The molecule has 4 N–H and O–H groups in total. The summed E-state index contributed by atoms with van der Waals surface area (Å²) < 4.78 is 0. The molecule has 3 heteroatoms.